The van der Waals surface area contributed by atoms with E-state index in [0.29, 0.717) is 6.04 Å². The second-order valence-corrected chi connectivity index (χ2v) is 4.96. The van der Waals surface area contributed by atoms with E-state index in [2.05, 4.69) is 44.8 Å². The number of fused-ring (bicyclic) bond motifs is 3. The largest absolute Gasteiger partial charge is 0.340 e. The van der Waals surface area contributed by atoms with Crippen molar-refractivity contribution in [1.82, 2.24) is 4.57 Å². The second-order valence-electron chi connectivity index (χ2n) is 4.11. The standard InChI is InChI=1S/C12H13BrN2/c13-11-2-1-3-12-10(11)6-8-4-5-9(7-14)15(8)12/h1-3,6,9H,4-5,7,14H2. The Bertz CT molecular complexity index is 516. The van der Waals surface area contributed by atoms with Crippen LogP contribution in [0.1, 0.15) is 18.2 Å². The number of halogens is 1. The Labute approximate surface area is 97.2 Å². The molecule has 0 saturated carbocycles. The predicted molar refractivity (Wildman–Crippen MR) is 66.1 cm³/mol. The molecule has 1 aliphatic heterocycles. The van der Waals surface area contributed by atoms with Crippen molar-refractivity contribution < 1.29 is 0 Å². The molecule has 2 heterocycles. The molecule has 1 atom stereocenters. The van der Waals surface area contributed by atoms with Gasteiger partial charge in [-0.05, 0) is 31.0 Å². The van der Waals surface area contributed by atoms with Gasteiger partial charge in [0, 0.05) is 33.7 Å². The summed E-state index contributed by atoms with van der Waals surface area (Å²) in [4.78, 5) is 0. The number of rotatable bonds is 1. The minimum absolute atomic E-state index is 0.492. The van der Waals surface area contributed by atoms with Crippen LogP contribution in [-0.2, 0) is 6.42 Å². The van der Waals surface area contributed by atoms with Gasteiger partial charge in [-0.25, -0.2) is 0 Å². The Balaban J connectivity index is 2.32. The maximum atomic E-state index is 5.80. The number of nitrogens with two attached hydrogens (primary N) is 1. The third-order valence-corrected chi connectivity index (χ3v) is 3.97. The van der Waals surface area contributed by atoms with Gasteiger partial charge >= 0.3 is 0 Å². The molecule has 1 aliphatic rings. The van der Waals surface area contributed by atoms with Crippen LogP contribution in [0, 0.1) is 0 Å². The van der Waals surface area contributed by atoms with E-state index in [4.69, 9.17) is 5.73 Å². The molecule has 0 radical (unpaired) electrons. The van der Waals surface area contributed by atoms with Crippen molar-refractivity contribution in [2.24, 2.45) is 5.73 Å². The molecule has 0 spiro atoms. The Morgan fingerprint density at radius 2 is 2.33 bits per heavy atom. The van der Waals surface area contributed by atoms with E-state index in [-0.39, 0.29) is 0 Å². The van der Waals surface area contributed by atoms with Gasteiger partial charge in [-0.2, -0.15) is 0 Å². The first kappa shape index (κ1) is 9.43. The molecule has 2 nitrogen and oxygen atoms in total. The van der Waals surface area contributed by atoms with Gasteiger partial charge in [0.15, 0.2) is 0 Å². The number of nitrogens with zero attached hydrogens (tertiary/aromatic N) is 1. The quantitative estimate of drug-likeness (QED) is 0.844. The summed E-state index contributed by atoms with van der Waals surface area (Å²) < 4.78 is 3.58. The van der Waals surface area contributed by atoms with Gasteiger partial charge in [-0.3, -0.25) is 0 Å². The molecule has 3 rings (SSSR count). The molecule has 0 bridgehead atoms. The molecule has 2 aromatic rings. The maximum Gasteiger partial charge on any atom is 0.0497 e. The molecule has 15 heavy (non-hydrogen) atoms. The summed E-state index contributed by atoms with van der Waals surface area (Å²) in [5.41, 5.74) is 8.54. The number of aryl methyl sites for hydroxylation is 1. The minimum Gasteiger partial charge on any atom is -0.340 e. The maximum absolute atomic E-state index is 5.80. The smallest absolute Gasteiger partial charge is 0.0497 e. The van der Waals surface area contributed by atoms with E-state index < -0.39 is 0 Å². The van der Waals surface area contributed by atoms with Gasteiger partial charge in [-0.1, -0.05) is 22.0 Å². The summed E-state index contributed by atoms with van der Waals surface area (Å²) in [6.07, 6.45) is 2.34. The van der Waals surface area contributed by atoms with E-state index in [1.807, 2.05) is 0 Å². The van der Waals surface area contributed by atoms with E-state index in [1.54, 1.807) is 0 Å². The van der Waals surface area contributed by atoms with Crippen molar-refractivity contribution in [2.45, 2.75) is 18.9 Å². The molecule has 0 fully saturated rings. The summed E-state index contributed by atoms with van der Waals surface area (Å²) in [6.45, 7) is 0.739. The topological polar surface area (TPSA) is 30.9 Å². The highest BCUT2D eigenvalue weighted by Crippen LogP contribution is 2.35. The van der Waals surface area contributed by atoms with Gasteiger partial charge in [0.05, 0.1) is 0 Å². The molecule has 3 heteroatoms. The van der Waals surface area contributed by atoms with Crippen LogP contribution in [0.4, 0.5) is 0 Å². The first-order chi connectivity index (χ1) is 7.31. The molecule has 1 unspecified atom stereocenters. The molecular weight excluding hydrogens is 252 g/mol. The second kappa shape index (κ2) is 3.35. The van der Waals surface area contributed by atoms with E-state index in [1.165, 1.54) is 27.5 Å². The van der Waals surface area contributed by atoms with Gasteiger partial charge in [0.2, 0.25) is 0 Å². The van der Waals surface area contributed by atoms with Crippen LogP contribution in [0.15, 0.2) is 28.7 Å². The first-order valence-electron chi connectivity index (χ1n) is 5.29. The molecular formula is C12H13BrN2. The third kappa shape index (κ3) is 1.26. The Kier molecular flexibility index (Phi) is 2.11. The Hall–Kier alpha value is -0.800. The van der Waals surface area contributed by atoms with Gasteiger partial charge in [0.1, 0.15) is 0 Å². The summed E-state index contributed by atoms with van der Waals surface area (Å²) in [5, 5.41) is 1.31. The number of aromatic nitrogens is 1. The fourth-order valence-corrected chi connectivity index (χ4v) is 3.03. The first-order valence-corrected chi connectivity index (χ1v) is 6.09. The van der Waals surface area contributed by atoms with E-state index in [0.717, 1.165) is 13.0 Å². The van der Waals surface area contributed by atoms with Crippen molar-refractivity contribution in [3.8, 4) is 0 Å². The van der Waals surface area contributed by atoms with Gasteiger partial charge < -0.3 is 10.3 Å². The normalized spacial score (nSPS) is 19.7. The predicted octanol–water partition coefficient (Wildman–Crippen LogP) is 2.85. The van der Waals surface area contributed by atoms with Crippen molar-refractivity contribution >= 4 is 26.8 Å². The van der Waals surface area contributed by atoms with Gasteiger partial charge in [-0.15, -0.1) is 0 Å². The van der Waals surface area contributed by atoms with Crippen molar-refractivity contribution in [2.75, 3.05) is 6.54 Å². The molecule has 1 aromatic heterocycles. The molecule has 2 N–H and O–H groups in total. The Morgan fingerprint density at radius 3 is 3.13 bits per heavy atom. The molecule has 0 amide bonds. The lowest BCUT2D eigenvalue weighted by molar-refractivity contribution is 0.553. The molecule has 0 saturated heterocycles. The van der Waals surface area contributed by atoms with Crippen molar-refractivity contribution in [1.29, 1.82) is 0 Å². The van der Waals surface area contributed by atoms with Crippen molar-refractivity contribution in [3.05, 3.63) is 34.4 Å². The van der Waals surface area contributed by atoms with E-state index >= 15 is 0 Å². The minimum atomic E-state index is 0.492. The highest BCUT2D eigenvalue weighted by molar-refractivity contribution is 9.10. The lowest BCUT2D eigenvalue weighted by Crippen LogP contribution is -2.15. The van der Waals surface area contributed by atoms with Crippen molar-refractivity contribution in [3.63, 3.8) is 0 Å². The highest BCUT2D eigenvalue weighted by atomic mass is 79.9. The number of hydrogen-bond acceptors (Lipinski definition) is 1. The summed E-state index contributed by atoms with van der Waals surface area (Å²) in [7, 11) is 0. The zero-order valence-corrected chi connectivity index (χ0v) is 10.00. The number of benzene rings is 1. The summed E-state index contributed by atoms with van der Waals surface area (Å²) in [5.74, 6) is 0. The average molecular weight is 265 g/mol. The fourth-order valence-electron chi connectivity index (χ4n) is 2.56. The fraction of sp³-hybridized carbons (Fsp3) is 0.333. The van der Waals surface area contributed by atoms with Crippen LogP contribution in [0.2, 0.25) is 0 Å². The molecule has 0 aliphatic carbocycles. The molecule has 1 aromatic carbocycles. The summed E-state index contributed by atoms with van der Waals surface area (Å²) >= 11 is 3.59. The lowest BCUT2D eigenvalue weighted by Gasteiger charge is -2.12. The van der Waals surface area contributed by atoms with Crippen LogP contribution in [0.5, 0.6) is 0 Å². The highest BCUT2D eigenvalue weighted by Gasteiger charge is 2.23. The monoisotopic (exact) mass is 264 g/mol. The zero-order chi connectivity index (χ0) is 10.4. The average Bonchev–Trinajstić information content (AvgIpc) is 2.77. The Morgan fingerprint density at radius 1 is 1.47 bits per heavy atom. The SMILES string of the molecule is NCC1CCc2cc3c(Br)cccc3n21. The van der Waals surface area contributed by atoms with Crippen LogP contribution in [0.25, 0.3) is 10.9 Å². The van der Waals surface area contributed by atoms with E-state index in [9.17, 15) is 0 Å². The number of hydrogen-bond donors (Lipinski definition) is 1. The van der Waals surface area contributed by atoms with Crippen LogP contribution in [-0.4, -0.2) is 11.1 Å². The van der Waals surface area contributed by atoms with Gasteiger partial charge in [0.25, 0.3) is 0 Å². The van der Waals surface area contributed by atoms with Crippen LogP contribution >= 0.6 is 15.9 Å². The third-order valence-electron chi connectivity index (χ3n) is 3.28. The lowest BCUT2D eigenvalue weighted by atomic mass is 10.1. The zero-order valence-electron chi connectivity index (χ0n) is 8.41. The molecule has 78 valence electrons. The summed E-state index contributed by atoms with van der Waals surface area (Å²) in [6, 6.07) is 9.14. The van der Waals surface area contributed by atoms with Crippen LogP contribution in [0.3, 0.4) is 0 Å². The van der Waals surface area contributed by atoms with Crippen LogP contribution < -0.4 is 5.73 Å².